The summed E-state index contributed by atoms with van der Waals surface area (Å²) in [5, 5.41) is 17.0. The Morgan fingerprint density at radius 1 is 1.30 bits per heavy atom. The van der Waals surface area contributed by atoms with Crippen molar-refractivity contribution in [3.63, 3.8) is 0 Å². The molecule has 162 valence electrons. The maximum atomic E-state index is 13.5. The van der Waals surface area contributed by atoms with Crippen molar-refractivity contribution < 1.29 is 19.0 Å². The summed E-state index contributed by atoms with van der Waals surface area (Å²) in [5.41, 5.74) is 3.07. The Hall–Kier alpha value is -2.41. The Kier molecular flexibility index (Phi) is 6.37. The van der Waals surface area contributed by atoms with Gasteiger partial charge in [0.05, 0.1) is 24.4 Å². The van der Waals surface area contributed by atoms with Crippen molar-refractivity contribution in [2.45, 2.75) is 69.4 Å². The molecule has 7 heteroatoms. The number of likely N-dealkylation sites (tertiary alicyclic amines) is 1. The van der Waals surface area contributed by atoms with Gasteiger partial charge in [-0.05, 0) is 74.6 Å². The molecule has 0 spiro atoms. The summed E-state index contributed by atoms with van der Waals surface area (Å²) < 4.78 is 19.8. The number of halogens is 1. The van der Waals surface area contributed by atoms with Gasteiger partial charge in [0.2, 0.25) is 0 Å². The van der Waals surface area contributed by atoms with Crippen LogP contribution >= 0.6 is 0 Å². The number of hydrogen-bond donors (Lipinski definition) is 2. The van der Waals surface area contributed by atoms with Crippen LogP contribution < -0.4 is 0 Å². The van der Waals surface area contributed by atoms with E-state index in [1.54, 1.807) is 12.1 Å². The maximum Gasteiger partial charge on any atom is 0.407 e. The van der Waals surface area contributed by atoms with Gasteiger partial charge in [0, 0.05) is 18.7 Å². The average molecular weight is 416 g/mol. The third kappa shape index (κ3) is 4.51. The third-order valence-corrected chi connectivity index (χ3v) is 6.74. The molecular formula is C23H30FN3O3. The first-order valence-electron chi connectivity index (χ1n) is 10.9. The third-order valence-electron chi connectivity index (χ3n) is 6.74. The Bertz CT molecular complexity index is 863. The fourth-order valence-corrected chi connectivity index (χ4v) is 5.11. The van der Waals surface area contributed by atoms with Gasteiger partial charge in [0.25, 0.3) is 0 Å². The van der Waals surface area contributed by atoms with Crippen LogP contribution in [0.25, 0.3) is 0 Å². The van der Waals surface area contributed by atoms with Gasteiger partial charge in [-0.2, -0.15) is 5.10 Å². The summed E-state index contributed by atoms with van der Waals surface area (Å²) in [4.78, 5) is 13.4. The average Bonchev–Trinajstić information content (AvgIpc) is 3.18. The molecule has 0 radical (unpaired) electrons. The van der Waals surface area contributed by atoms with Gasteiger partial charge in [-0.3, -0.25) is 5.10 Å². The molecule has 1 aliphatic heterocycles. The second kappa shape index (κ2) is 9.16. The second-order valence-corrected chi connectivity index (χ2v) is 8.61. The zero-order valence-corrected chi connectivity index (χ0v) is 17.4. The van der Waals surface area contributed by atoms with E-state index in [4.69, 9.17) is 4.74 Å². The highest BCUT2D eigenvalue weighted by Crippen LogP contribution is 2.36. The summed E-state index contributed by atoms with van der Waals surface area (Å²) in [6.45, 7) is 2.93. The van der Waals surface area contributed by atoms with Crippen LogP contribution in [0.15, 0.2) is 30.5 Å². The number of carbonyl (C=O) groups is 1. The van der Waals surface area contributed by atoms with E-state index >= 15 is 0 Å². The van der Waals surface area contributed by atoms with E-state index in [1.807, 2.05) is 19.2 Å². The summed E-state index contributed by atoms with van der Waals surface area (Å²) in [6.07, 6.45) is 6.58. The van der Waals surface area contributed by atoms with Gasteiger partial charge in [-0.25, -0.2) is 9.18 Å². The van der Waals surface area contributed by atoms with Crippen LogP contribution in [0.2, 0.25) is 0 Å². The Morgan fingerprint density at radius 2 is 2.10 bits per heavy atom. The molecule has 1 saturated heterocycles. The number of piperidine rings is 1. The van der Waals surface area contributed by atoms with Gasteiger partial charge in [0.1, 0.15) is 5.82 Å². The topological polar surface area (TPSA) is 78.5 Å². The van der Waals surface area contributed by atoms with Crippen molar-refractivity contribution in [1.29, 1.82) is 0 Å². The molecule has 6 nitrogen and oxygen atoms in total. The molecule has 0 bridgehead atoms. The lowest BCUT2D eigenvalue weighted by Gasteiger charge is -2.40. The van der Waals surface area contributed by atoms with E-state index < -0.39 is 6.09 Å². The van der Waals surface area contributed by atoms with Gasteiger partial charge in [-0.1, -0.05) is 12.1 Å². The van der Waals surface area contributed by atoms with E-state index in [0.717, 1.165) is 55.3 Å². The molecule has 1 aromatic heterocycles. The van der Waals surface area contributed by atoms with Crippen LogP contribution in [-0.4, -0.2) is 51.6 Å². The van der Waals surface area contributed by atoms with Crippen LogP contribution in [-0.2, 0) is 4.74 Å². The van der Waals surface area contributed by atoms with E-state index in [-0.39, 0.29) is 23.9 Å². The number of hydrogen-bond acceptors (Lipinski definition) is 3. The number of aromatic nitrogens is 2. The van der Waals surface area contributed by atoms with Crippen LogP contribution in [0.3, 0.4) is 0 Å². The number of ether oxygens (including phenoxy) is 1. The lowest BCUT2D eigenvalue weighted by atomic mass is 9.82. The molecule has 1 aromatic carbocycles. The van der Waals surface area contributed by atoms with Crippen molar-refractivity contribution >= 4 is 6.09 Å². The van der Waals surface area contributed by atoms with E-state index in [0.29, 0.717) is 19.1 Å². The van der Waals surface area contributed by atoms with Gasteiger partial charge in [-0.15, -0.1) is 0 Å². The molecular weight excluding hydrogens is 385 g/mol. The molecule has 1 aliphatic carbocycles. The van der Waals surface area contributed by atoms with Crippen molar-refractivity contribution in [2.75, 3.05) is 13.2 Å². The maximum absolute atomic E-state index is 13.5. The normalized spacial score (nSPS) is 27.2. The highest BCUT2D eigenvalue weighted by Gasteiger charge is 2.38. The number of amides is 1. The van der Waals surface area contributed by atoms with Crippen molar-refractivity contribution in [3.05, 3.63) is 53.1 Å². The molecule has 4 rings (SSSR count). The molecule has 1 saturated carbocycles. The number of nitrogens with zero attached hydrogens (tertiary/aromatic N) is 2. The smallest absolute Gasteiger partial charge is 0.407 e. The number of aromatic amines is 1. The molecule has 2 aromatic rings. The minimum absolute atomic E-state index is 0.0460. The summed E-state index contributed by atoms with van der Waals surface area (Å²) in [7, 11) is 0. The van der Waals surface area contributed by atoms with E-state index in [2.05, 4.69) is 10.2 Å². The summed E-state index contributed by atoms with van der Waals surface area (Å²) >= 11 is 0. The first-order valence-corrected chi connectivity index (χ1v) is 10.9. The number of benzene rings is 1. The quantitative estimate of drug-likeness (QED) is 0.733. The Morgan fingerprint density at radius 3 is 2.77 bits per heavy atom. The van der Waals surface area contributed by atoms with Gasteiger partial charge < -0.3 is 14.7 Å². The Balaban J connectivity index is 1.38. The van der Waals surface area contributed by atoms with Crippen LogP contribution in [0.4, 0.5) is 9.18 Å². The number of carboxylic acid groups (broad SMARTS) is 1. The lowest BCUT2D eigenvalue weighted by molar-refractivity contribution is -0.0224. The monoisotopic (exact) mass is 415 g/mol. The molecule has 2 N–H and O–H groups in total. The first kappa shape index (κ1) is 20.8. The molecule has 2 unspecified atom stereocenters. The molecule has 2 fully saturated rings. The minimum Gasteiger partial charge on any atom is -0.465 e. The lowest BCUT2D eigenvalue weighted by Crippen LogP contribution is -2.50. The predicted octanol–water partition coefficient (Wildman–Crippen LogP) is 4.83. The van der Waals surface area contributed by atoms with Crippen LogP contribution in [0, 0.1) is 12.7 Å². The number of H-pyrrole nitrogens is 1. The standard InChI is InChI=1S/C23H30FN3O3/c1-15-13-25-26-22(15)20-6-3-11-27(23(28)29)21(20)14-30-19-9-7-16(8-10-19)17-4-2-5-18(24)12-17/h2,4-5,12-13,16,19-21H,3,6-11,14H2,1H3,(H,25,26)(H,28,29). The van der Waals surface area contributed by atoms with E-state index in [9.17, 15) is 14.3 Å². The summed E-state index contributed by atoms with van der Waals surface area (Å²) in [6, 6.07) is 6.66. The second-order valence-electron chi connectivity index (χ2n) is 8.61. The minimum atomic E-state index is -0.892. The van der Waals surface area contributed by atoms with E-state index in [1.165, 1.54) is 11.0 Å². The molecule has 30 heavy (non-hydrogen) atoms. The fraction of sp³-hybridized carbons (Fsp3) is 0.565. The molecule has 1 amide bonds. The Labute approximate surface area is 176 Å². The van der Waals surface area contributed by atoms with Gasteiger partial charge >= 0.3 is 6.09 Å². The molecule has 2 heterocycles. The van der Waals surface area contributed by atoms with Crippen molar-refractivity contribution in [2.24, 2.45) is 0 Å². The van der Waals surface area contributed by atoms with Crippen molar-refractivity contribution in [3.8, 4) is 0 Å². The van der Waals surface area contributed by atoms with Crippen molar-refractivity contribution in [1.82, 2.24) is 15.1 Å². The van der Waals surface area contributed by atoms with Crippen LogP contribution in [0.1, 0.15) is 67.2 Å². The van der Waals surface area contributed by atoms with Crippen LogP contribution in [0.5, 0.6) is 0 Å². The van der Waals surface area contributed by atoms with Gasteiger partial charge in [0.15, 0.2) is 0 Å². The zero-order valence-electron chi connectivity index (χ0n) is 17.4. The first-order chi connectivity index (χ1) is 14.5. The zero-order chi connectivity index (χ0) is 21.1. The fourth-order valence-electron chi connectivity index (χ4n) is 5.11. The highest BCUT2D eigenvalue weighted by atomic mass is 19.1. The SMILES string of the molecule is Cc1c[nH]nc1C1CCCN(C(=O)O)C1COC1CCC(c2cccc(F)c2)CC1. The summed E-state index contributed by atoms with van der Waals surface area (Å²) in [5.74, 6) is 0.228. The number of aryl methyl sites for hydroxylation is 1. The number of nitrogens with one attached hydrogen (secondary N) is 1. The number of rotatable bonds is 5. The predicted molar refractivity (Wildman–Crippen MR) is 111 cm³/mol. The highest BCUT2D eigenvalue weighted by molar-refractivity contribution is 5.66. The molecule has 2 aliphatic rings. The molecule has 2 atom stereocenters. The largest absolute Gasteiger partial charge is 0.465 e.